The summed E-state index contributed by atoms with van der Waals surface area (Å²) in [6, 6.07) is 7.46. The van der Waals surface area contributed by atoms with Crippen LogP contribution in [0.5, 0.6) is 0 Å². The van der Waals surface area contributed by atoms with Gasteiger partial charge in [-0.1, -0.05) is 23.7 Å². The second-order valence-electron chi connectivity index (χ2n) is 3.26. The Bertz CT molecular complexity index is 412. The number of hydrogen-bond acceptors (Lipinski definition) is 3. The highest BCUT2D eigenvalue weighted by molar-refractivity contribution is 7.99. The van der Waals surface area contributed by atoms with Gasteiger partial charge >= 0.3 is 0 Å². The van der Waals surface area contributed by atoms with Gasteiger partial charge in [0, 0.05) is 24.0 Å². The van der Waals surface area contributed by atoms with Crippen LogP contribution in [0.2, 0.25) is 5.02 Å². The third-order valence-corrected chi connectivity index (χ3v) is 3.32. The summed E-state index contributed by atoms with van der Waals surface area (Å²) in [5, 5.41) is 0.680. The van der Waals surface area contributed by atoms with Crippen molar-refractivity contribution in [2.45, 2.75) is 18.2 Å². The number of hydrogen-bond donors (Lipinski definition) is 2. The molecule has 0 bridgehead atoms. The third-order valence-electron chi connectivity index (χ3n) is 1.80. The Morgan fingerprint density at radius 2 is 2.00 bits per heavy atom. The maximum absolute atomic E-state index is 11.3. The molecule has 0 heterocycles. The Labute approximate surface area is 109 Å². The molecular weight excluding hydrogens is 260 g/mol. The van der Waals surface area contributed by atoms with Crippen LogP contribution in [0.25, 0.3) is 0 Å². The van der Waals surface area contributed by atoms with Crippen molar-refractivity contribution >= 4 is 35.2 Å². The number of hydrazine groups is 1. The van der Waals surface area contributed by atoms with Crippen molar-refractivity contribution in [2.75, 3.05) is 5.75 Å². The lowest BCUT2D eigenvalue weighted by molar-refractivity contribution is -0.127. The van der Waals surface area contributed by atoms with E-state index in [-0.39, 0.29) is 11.8 Å². The molecule has 17 heavy (non-hydrogen) atoms. The van der Waals surface area contributed by atoms with Crippen LogP contribution >= 0.6 is 23.4 Å². The lowest BCUT2D eigenvalue weighted by atomic mass is 10.4. The molecule has 0 aromatic heterocycles. The van der Waals surface area contributed by atoms with Crippen molar-refractivity contribution in [3.63, 3.8) is 0 Å². The number of nitrogens with one attached hydrogen (secondary N) is 2. The highest BCUT2D eigenvalue weighted by atomic mass is 35.5. The maximum Gasteiger partial charge on any atom is 0.239 e. The minimum Gasteiger partial charge on any atom is -0.274 e. The lowest BCUT2D eigenvalue weighted by Crippen LogP contribution is -2.40. The van der Waals surface area contributed by atoms with Crippen molar-refractivity contribution in [3.05, 3.63) is 29.3 Å². The molecule has 0 aliphatic rings. The summed E-state index contributed by atoms with van der Waals surface area (Å²) in [4.78, 5) is 22.7. The van der Waals surface area contributed by atoms with Crippen LogP contribution < -0.4 is 10.9 Å². The van der Waals surface area contributed by atoms with Gasteiger partial charge in [0.2, 0.25) is 11.8 Å². The molecule has 6 heteroatoms. The Morgan fingerprint density at radius 3 is 2.65 bits per heavy atom. The normalized spacial score (nSPS) is 9.76. The van der Waals surface area contributed by atoms with Gasteiger partial charge in [0.15, 0.2) is 0 Å². The van der Waals surface area contributed by atoms with Crippen LogP contribution in [-0.4, -0.2) is 17.6 Å². The van der Waals surface area contributed by atoms with E-state index in [1.54, 1.807) is 6.07 Å². The lowest BCUT2D eigenvalue weighted by Gasteiger charge is -2.05. The minimum atomic E-state index is -0.294. The number of rotatable bonds is 4. The minimum absolute atomic E-state index is 0.222. The Kier molecular flexibility index (Phi) is 5.86. The molecule has 0 radical (unpaired) electrons. The van der Waals surface area contributed by atoms with E-state index in [0.29, 0.717) is 17.2 Å². The van der Waals surface area contributed by atoms with Gasteiger partial charge in [-0.2, -0.15) is 0 Å². The number of benzene rings is 1. The van der Waals surface area contributed by atoms with Gasteiger partial charge in [-0.3, -0.25) is 20.4 Å². The van der Waals surface area contributed by atoms with Crippen LogP contribution in [0.3, 0.4) is 0 Å². The van der Waals surface area contributed by atoms with E-state index >= 15 is 0 Å². The predicted octanol–water partition coefficient (Wildman–Crippen LogP) is 1.99. The summed E-state index contributed by atoms with van der Waals surface area (Å²) in [5.41, 5.74) is 4.53. The molecule has 2 amide bonds. The summed E-state index contributed by atoms with van der Waals surface area (Å²) >= 11 is 7.47. The zero-order chi connectivity index (χ0) is 12.7. The number of carbonyl (C=O) groups is 2. The molecule has 0 fully saturated rings. The number of thioether (sulfide) groups is 1. The van der Waals surface area contributed by atoms with Crippen LogP contribution in [0.15, 0.2) is 29.2 Å². The monoisotopic (exact) mass is 272 g/mol. The van der Waals surface area contributed by atoms with E-state index in [4.69, 9.17) is 11.6 Å². The topological polar surface area (TPSA) is 58.2 Å². The van der Waals surface area contributed by atoms with Crippen molar-refractivity contribution in [2.24, 2.45) is 0 Å². The second-order valence-corrected chi connectivity index (χ2v) is 4.80. The first-order chi connectivity index (χ1) is 8.09. The molecule has 1 rings (SSSR count). The molecule has 0 atom stereocenters. The first-order valence-electron chi connectivity index (χ1n) is 5.02. The first kappa shape index (κ1) is 13.9. The largest absolute Gasteiger partial charge is 0.274 e. The fraction of sp³-hybridized carbons (Fsp3) is 0.273. The van der Waals surface area contributed by atoms with Gasteiger partial charge in [-0.25, -0.2) is 0 Å². The first-order valence-corrected chi connectivity index (χ1v) is 6.38. The van der Waals surface area contributed by atoms with Crippen molar-refractivity contribution < 1.29 is 9.59 Å². The van der Waals surface area contributed by atoms with Gasteiger partial charge in [0.25, 0.3) is 0 Å². The summed E-state index contributed by atoms with van der Waals surface area (Å²) in [6.07, 6.45) is 0.316. The van der Waals surface area contributed by atoms with Crippen molar-refractivity contribution in [1.29, 1.82) is 0 Å². The molecule has 0 aliphatic carbocycles. The zero-order valence-electron chi connectivity index (χ0n) is 9.33. The highest BCUT2D eigenvalue weighted by Gasteiger charge is 2.04. The van der Waals surface area contributed by atoms with E-state index in [0.717, 1.165) is 4.90 Å². The highest BCUT2D eigenvalue weighted by Crippen LogP contribution is 2.26. The third kappa shape index (κ3) is 5.60. The van der Waals surface area contributed by atoms with Crippen molar-refractivity contribution in [1.82, 2.24) is 10.9 Å². The molecular formula is C11H13ClN2O2S. The van der Waals surface area contributed by atoms with Gasteiger partial charge in [0.05, 0.1) is 5.02 Å². The summed E-state index contributed by atoms with van der Waals surface area (Å²) in [7, 11) is 0. The Hall–Kier alpha value is -1.20. The van der Waals surface area contributed by atoms with E-state index in [9.17, 15) is 9.59 Å². The van der Waals surface area contributed by atoms with Crippen molar-refractivity contribution in [3.8, 4) is 0 Å². The van der Waals surface area contributed by atoms with Gasteiger partial charge < -0.3 is 0 Å². The van der Waals surface area contributed by atoms with E-state index < -0.39 is 0 Å². The van der Waals surface area contributed by atoms with Crippen LogP contribution in [-0.2, 0) is 9.59 Å². The molecule has 0 unspecified atom stereocenters. The second kappa shape index (κ2) is 7.19. The number of amides is 2. The molecule has 0 aliphatic heterocycles. The van der Waals surface area contributed by atoms with E-state index in [2.05, 4.69) is 10.9 Å². The summed E-state index contributed by atoms with van der Waals surface area (Å²) < 4.78 is 0. The standard InChI is InChI=1S/C11H13ClN2O2S/c1-8(15)13-14-11(16)6-7-17-10-5-3-2-4-9(10)12/h2-5H,6-7H2,1H3,(H,13,15)(H,14,16). The van der Waals surface area contributed by atoms with Crippen LogP contribution in [0.1, 0.15) is 13.3 Å². The van der Waals surface area contributed by atoms with Gasteiger partial charge in [-0.05, 0) is 12.1 Å². The molecule has 1 aromatic rings. The fourth-order valence-electron chi connectivity index (χ4n) is 1.04. The predicted molar refractivity (Wildman–Crippen MR) is 68.8 cm³/mol. The summed E-state index contributed by atoms with van der Waals surface area (Å²) in [6.45, 7) is 1.33. The molecule has 92 valence electrons. The number of carbonyl (C=O) groups excluding carboxylic acids is 2. The Balaban J connectivity index is 2.26. The average Bonchev–Trinajstić information content (AvgIpc) is 2.29. The zero-order valence-corrected chi connectivity index (χ0v) is 10.9. The molecule has 1 aromatic carbocycles. The molecule has 4 nitrogen and oxygen atoms in total. The molecule has 2 N–H and O–H groups in total. The van der Waals surface area contributed by atoms with E-state index in [1.165, 1.54) is 18.7 Å². The SMILES string of the molecule is CC(=O)NNC(=O)CCSc1ccccc1Cl. The van der Waals surface area contributed by atoms with Gasteiger partial charge in [-0.15, -0.1) is 11.8 Å². The average molecular weight is 273 g/mol. The van der Waals surface area contributed by atoms with Gasteiger partial charge in [0.1, 0.15) is 0 Å². The maximum atomic E-state index is 11.3. The molecule has 0 saturated heterocycles. The smallest absolute Gasteiger partial charge is 0.239 e. The van der Waals surface area contributed by atoms with E-state index in [1.807, 2.05) is 18.2 Å². The molecule has 0 spiro atoms. The summed E-state index contributed by atoms with van der Waals surface area (Å²) in [5.74, 6) is 0.0895. The van der Waals surface area contributed by atoms with Crippen LogP contribution in [0.4, 0.5) is 0 Å². The fourth-order valence-corrected chi connectivity index (χ4v) is 2.22. The number of halogens is 1. The molecule has 0 saturated carbocycles. The quantitative estimate of drug-likeness (QED) is 0.651. The van der Waals surface area contributed by atoms with Crippen LogP contribution in [0, 0.1) is 0 Å². The Morgan fingerprint density at radius 1 is 1.29 bits per heavy atom.